The number of nitriles is 1. The van der Waals surface area contributed by atoms with Gasteiger partial charge in [-0.15, -0.1) is 0 Å². The average Bonchev–Trinajstić information content (AvgIpc) is 3.13. The quantitative estimate of drug-likeness (QED) is 0.0672. The minimum absolute atomic E-state index is 0.0278. The van der Waals surface area contributed by atoms with E-state index in [0.717, 1.165) is 27.8 Å². The molecule has 9 heteroatoms. The van der Waals surface area contributed by atoms with Crippen molar-refractivity contribution >= 4 is 12.1 Å². The molecule has 6 unspecified atom stereocenters. The fraction of sp³-hybridized carbons (Fsp3) is 0.438. The Morgan fingerprint density at radius 2 is 1.09 bits per heavy atom. The van der Waals surface area contributed by atoms with Crippen molar-refractivity contribution in [2.75, 3.05) is 6.61 Å². The van der Waals surface area contributed by atoms with E-state index in [1.165, 1.54) is 0 Å². The summed E-state index contributed by atoms with van der Waals surface area (Å²) in [6.45, 7) is 19.6. The predicted molar refractivity (Wildman–Crippen MR) is 222 cm³/mol. The summed E-state index contributed by atoms with van der Waals surface area (Å²) in [5, 5.41) is 20.3. The number of hydrogen-bond acceptors (Lipinski definition) is 9. The molecule has 0 aliphatic heterocycles. The fourth-order valence-electron chi connectivity index (χ4n) is 7.15. The fourth-order valence-corrected chi connectivity index (χ4v) is 7.15. The van der Waals surface area contributed by atoms with E-state index >= 15 is 0 Å². The van der Waals surface area contributed by atoms with E-state index in [2.05, 4.69) is 44.2 Å². The Hall–Kier alpha value is -5.33. The van der Waals surface area contributed by atoms with Gasteiger partial charge in [-0.25, -0.2) is 4.79 Å². The number of phenols is 1. The third-order valence-corrected chi connectivity index (χ3v) is 9.78. The van der Waals surface area contributed by atoms with Gasteiger partial charge in [0.1, 0.15) is 28.5 Å². The van der Waals surface area contributed by atoms with E-state index in [0.29, 0.717) is 24.5 Å². The number of benzene rings is 4. The third-order valence-electron chi connectivity index (χ3n) is 9.78. The van der Waals surface area contributed by atoms with E-state index in [4.69, 9.17) is 23.7 Å². The molecule has 0 aromatic heterocycles. The summed E-state index contributed by atoms with van der Waals surface area (Å²) in [6, 6.07) is 33.5. The zero-order valence-corrected chi connectivity index (χ0v) is 35.1. The van der Waals surface area contributed by atoms with Crippen molar-refractivity contribution in [1.82, 2.24) is 0 Å². The smallest absolute Gasteiger partial charge is 0.508 e. The lowest BCUT2D eigenvalue weighted by atomic mass is 9.66. The molecule has 0 saturated heterocycles. The first kappa shape index (κ1) is 44.4. The Morgan fingerprint density at radius 1 is 0.649 bits per heavy atom. The van der Waals surface area contributed by atoms with Gasteiger partial charge in [0.25, 0.3) is 0 Å². The maximum absolute atomic E-state index is 12.5. The second kappa shape index (κ2) is 19.7. The first-order chi connectivity index (χ1) is 26.9. The normalized spacial score (nSPS) is 14.9. The van der Waals surface area contributed by atoms with Crippen LogP contribution in [0, 0.1) is 11.3 Å². The summed E-state index contributed by atoms with van der Waals surface area (Å²) in [5.41, 5.74) is 3.78. The lowest BCUT2D eigenvalue weighted by Crippen LogP contribution is -2.26. The first-order valence-electron chi connectivity index (χ1n) is 19.8. The van der Waals surface area contributed by atoms with Crippen LogP contribution in [-0.2, 0) is 19.0 Å². The highest BCUT2D eigenvalue weighted by atomic mass is 16.7. The SMILES string of the molecule is CCOC(C)Oc1ccc(C(C(C)c2ccc(O)cc2)C(c2ccc(OC(=O)OC(C)(C)C)cc2)C(C)c2ccc(C(C#N)CCC(=O)OC(C)(C)C)cc2)cc1. The Balaban J connectivity index is 1.77. The standard InChI is InChI=1S/C48H59NO8/c1-11-53-33(4)54-41-25-18-37(19-26-41)45(32(3)35-16-23-40(50)24-17-35)44(38-20-27-42(28-21-38)55-46(52)57-48(8,9)10)31(2)34-12-14-36(15-13-34)39(30-49)22-29-43(51)56-47(5,6)7/h12-21,23-28,31-33,39,44-45,50H,11,22,29H2,1-10H3. The number of aromatic hydroxyl groups is 1. The Kier molecular flexibility index (Phi) is 15.3. The molecule has 0 heterocycles. The number of nitrogens with zero attached hydrogens (tertiary/aromatic N) is 1. The van der Waals surface area contributed by atoms with Gasteiger partial charge in [-0.1, -0.05) is 74.5 Å². The van der Waals surface area contributed by atoms with Crippen LogP contribution in [0.1, 0.15) is 139 Å². The van der Waals surface area contributed by atoms with Gasteiger partial charge in [-0.3, -0.25) is 4.79 Å². The summed E-state index contributed by atoms with van der Waals surface area (Å²) >= 11 is 0. The summed E-state index contributed by atoms with van der Waals surface area (Å²) in [5.74, 6) is 0.157. The third kappa shape index (κ3) is 13.4. The predicted octanol–water partition coefficient (Wildman–Crippen LogP) is 11.7. The maximum atomic E-state index is 12.5. The lowest BCUT2D eigenvalue weighted by Gasteiger charge is -2.37. The monoisotopic (exact) mass is 777 g/mol. The Morgan fingerprint density at radius 3 is 1.54 bits per heavy atom. The molecule has 0 aliphatic carbocycles. The highest BCUT2D eigenvalue weighted by Crippen LogP contribution is 2.50. The average molecular weight is 778 g/mol. The highest BCUT2D eigenvalue weighted by molar-refractivity contribution is 5.70. The largest absolute Gasteiger partial charge is 0.514 e. The van der Waals surface area contributed by atoms with Gasteiger partial charge in [0.15, 0.2) is 6.29 Å². The number of phenolic OH excluding ortho intramolecular Hbond substituents is 1. The minimum atomic E-state index is -0.776. The van der Waals surface area contributed by atoms with E-state index in [1.807, 2.05) is 83.1 Å². The molecule has 1 N–H and O–H groups in total. The second-order valence-electron chi connectivity index (χ2n) is 16.5. The van der Waals surface area contributed by atoms with E-state index in [-0.39, 0.29) is 41.8 Å². The van der Waals surface area contributed by atoms with Crippen molar-refractivity contribution < 1.29 is 38.4 Å². The number of hydrogen-bond donors (Lipinski definition) is 1. The van der Waals surface area contributed by atoms with Gasteiger partial charge < -0.3 is 28.8 Å². The van der Waals surface area contributed by atoms with Crippen LogP contribution in [0.15, 0.2) is 97.1 Å². The number of carbonyl (C=O) groups excluding carboxylic acids is 2. The molecule has 0 radical (unpaired) electrons. The van der Waals surface area contributed by atoms with Gasteiger partial charge in [0.05, 0.1) is 12.0 Å². The Bertz CT molecular complexity index is 1920. The van der Waals surface area contributed by atoms with E-state index in [9.17, 15) is 20.0 Å². The molecule has 0 aliphatic rings. The molecular weight excluding hydrogens is 719 g/mol. The molecule has 9 nitrogen and oxygen atoms in total. The molecule has 4 rings (SSSR count). The highest BCUT2D eigenvalue weighted by Gasteiger charge is 2.35. The van der Waals surface area contributed by atoms with Crippen molar-refractivity contribution in [2.24, 2.45) is 0 Å². The van der Waals surface area contributed by atoms with Crippen LogP contribution >= 0.6 is 0 Å². The topological polar surface area (TPSA) is 124 Å². The van der Waals surface area contributed by atoms with Crippen molar-refractivity contribution in [3.05, 3.63) is 125 Å². The second-order valence-corrected chi connectivity index (χ2v) is 16.5. The molecule has 0 saturated carbocycles. The van der Waals surface area contributed by atoms with Crippen LogP contribution < -0.4 is 9.47 Å². The van der Waals surface area contributed by atoms with Crippen LogP contribution in [0.5, 0.6) is 17.2 Å². The molecule has 57 heavy (non-hydrogen) atoms. The number of rotatable bonds is 16. The molecule has 4 aromatic rings. The van der Waals surface area contributed by atoms with E-state index < -0.39 is 29.6 Å². The van der Waals surface area contributed by atoms with E-state index in [1.54, 1.807) is 45.0 Å². The molecule has 6 atom stereocenters. The van der Waals surface area contributed by atoms with Crippen LogP contribution in [0.2, 0.25) is 0 Å². The summed E-state index contributed by atoms with van der Waals surface area (Å²) in [4.78, 5) is 25.0. The van der Waals surface area contributed by atoms with Crippen molar-refractivity contribution in [2.45, 2.75) is 129 Å². The molecule has 0 spiro atoms. The minimum Gasteiger partial charge on any atom is -0.508 e. The van der Waals surface area contributed by atoms with Gasteiger partial charge in [-0.2, -0.15) is 5.26 Å². The van der Waals surface area contributed by atoms with Crippen LogP contribution in [-0.4, -0.2) is 41.3 Å². The van der Waals surface area contributed by atoms with Crippen LogP contribution in [0.4, 0.5) is 4.79 Å². The Labute approximate surface area is 338 Å². The lowest BCUT2D eigenvalue weighted by molar-refractivity contribution is -0.154. The van der Waals surface area contributed by atoms with Crippen molar-refractivity contribution in [3.8, 4) is 23.3 Å². The van der Waals surface area contributed by atoms with Crippen molar-refractivity contribution in [1.29, 1.82) is 5.26 Å². The molecule has 0 bridgehead atoms. The summed E-state index contributed by atoms with van der Waals surface area (Å²) in [6.07, 6.45) is -0.672. The number of ether oxygens (including phenoxy) is 5. The summed E-state index contributed by atoms with van der Waals surface area (Å²) < 4.78 is 28.1. The molecule has 0 fully saturated rings. The van der Waals surface area contributed by atoms with Gasteiger partial charge >= 0.3 is 12.1 Å². The molecule has 304 valence electrons. The van der Waals surface area contributed by atoms with Gasteiger partial charge in [0.2, 0.25) is 0 Å². The van der Waals surface area contributed by atoms with Gasteiger partial charge in [0, 0.05) is 13.0 Å². The molecule has 0 amide bonds. The zero-order chi connectivity index (χ0) is 41.9. The van der Waals surface area contributed by atoms with Crippen molar-refractivity contribution in [3.63, 3.8) is 0 Å². The zero-order valence-electron chi connectivity index (χ0n) is 35.1. The van der Waals surface area contributed by atoms with Gasteiger partial charge in [-0.05, 0) is 150 Å². The molecular formula is C48H59NO8. The van der Waals surface area contributed by atoms with Crippen LogP contribution in [0.25, 0.3) is 0 Å². The van der Waals surface area contributed by atoms with Crippen LogP contribution in [0.3, 0.4) is 0 Å². The number of carbonyl (C=O) groups is 2. The first-order valence-corrected chi connectivity index (χ1v) is 19.8. The molecule has 4 aromatic carbocycles. The maximum Gasteiger partial charge on any atom is 0.514 e. The number of esters is 1. The summed E-state index contributed by atoms with van der Waals surface area (Å²) in [7, 11) is 0.